The number of hydrogen-bond acceptors (Lipinski definition) is 3. The van der Waals surface area contributed by atoms with Crippen molar-refractivity contribution in [3.63, 3.8) is 0 Å². The smallest absolute Gasteiger partial charge is 0.246 e. The van der Waals surface area contributed by atoms with E-state index in [0.717, 1.165) is 11.1 Å². The molecule has 1 atom stereocenters. The Morgan fingerprint density at radius 3 is 2.53 bits per heavy atom. The summed E-state index contributed by atoms with van der Waals surface area (Å²) in [5, 5.41) is 2.56. The van der Waals surface area contributed by atoms with E-state index >= 15 is 0 Å². The van der Waals surface area contributed by atoms with Gasteiger partial charge < -0.3 is 15.8 Å². The van der Waals surface area contributed by atoms with Gasteiger partial charge in [0, 0.05) is 13.5 Å². The zero-order valence-corrected chi connectivity index (χ0v) is 11.5. The lowest BCUT2D eigenvalue weighted by Crippen LogP contribution is -2.47. The van der Waals surface area contributed by atoms with Crippen LogP contribution in [0.4, 0.5) is 0 Å². The van der Waals surface area contributed by atoms with Crippen LogP contribution < -0.4 is 11.1 Å². The van der Waals surface area contributed by atoms with E-state index in [2.05, 4.69) is 5.32 Å². The molecule has 1 rings (SSSR count). The number of hydrogen-bond donors (Lipinski definition) is 2. The molecule has 5 heteroatoms. The standard InChI is InChI=1S/C14H20N2O3/c1-9-4-5-11(6-10(9)2)7-12(14(15)18)16-13(17)8-19-3/h4-6,12H,7-8H2,1-3H3,(H2,15,18)(H,16,17)/t12-/m1/s1. The average Bonchev–Trinajstić information content (AvgIpc) is 2.33. The van der Waals surface area contributed by atoms with Crippen molar-refractivity contribution in [1.29, 1.82) is 0 Å². The summed E-state index contributed by atoms with van der Waals surface area (Å²) in [5.41, 5.74) is 8.59. The summed E-state index contributed by atoms with van der Waals surface area (Å²) in [5.74, 6) is -0.905. The summed E-state index contributed by atoms with van der Waals surface area (Å²) in [7, 11) is 1.42. The number of ether oxygens (including phenoxy) is 1. The van der Waals surface area contributed by atoms with Crippen molar-refractivity contribution in [3.8, 4) is 0 Å². The van der Waals surface area contributed by atoms with Gasteiger partial charge >= 0.3 is 0 Å². The maximum Gasteiger partial charge on any atom is 0.246 e. The Kier molecular flexibility index (Phi) is 5.51. The average molecular weight is 264 g/mol. The first-order valence-corrected chi connectivity index (χ1v) is 6.07. The molecule has 1 aromatic carbocycles. The Balaban J connectivity index is 2.75. The molecule has 104 valence electrons. The lowest BCUT2D eigenvalue weighted by molar-refractivity contribution is -0.129. The van der Waals surface area contributed by atoms with Crippen LogP contribution in [-0.2, 0) is 20.7 Å². The van der Waals surface area contributed by atoms with Crippen molar-refractivity contribution in [2.24, 2.45) is 5.73 Å². The van der Waals surface area contributed by atoms with Gasteiger partial charge in [0.2, 0.25) is 11.8 Å². The van der Waals surface area contributed by atoms with Crippen molar-refractivity contribution in [2.45, 2.75) is 26.3 Å². The van der Waals surface area contributed by atoms with Gasteiger partial charge in [0.05, 0.1) is 0 Å². The molecule has 0 aliphatic rings. The number of methoxy groups -OCH3 is 1. The number of carbonyl (C=O) groups excluding carboxylic acids is 2. The second kappa shape index (κ2) is 6.89. The molecule has 0 radical (unpaired) electrons. The van der Waals surface area contributed by atoms with Crippen molar-refractivity contribution >= 4 is 11.8 Å². The molecule has 0 bridgehead atoms. The Bertz CT molecular complexity index is 472. The minimum Gasteiger partial charge on any atom is -0.375 e. The molecule has 0 spiro atoms. The molecule has 0 unspecified atom stereocenters. The van der Waals surface area contributed by atoms with Crippen molar-refractivity contribution in [2.75, 3.05) is 13.7 Å². The fourth-order valence-electron chi connectivity index (χ4n) is 1.76. The van der Waals surface area contributed by atoms with Crippen LogP contribution in [0.25, 0.3) is 0 Å². The van der Waals surface area contributed by atoms with E-state index in [1.54, 1.807) is 0 Å². The summed E-state index contributed by atoms with van der Waals surface area (Å²) < 4.78 is 4.71. The Morgan fingerprint density at radius 2 is 2.00 bits per heavy atom. The molecule has 3 N–H and O–H groups in total. The van der Waals surface area contributed by atoms with Gasteiger partial charge in [-0.3, -0.25) is 9.59 Å². The third kappa shape index (κ3) is 4.71. The molecule has 0 aromatic heterocycles. The van der Waals surface area contributed by atoms with Crippen LogP contribution in [-0.4, -0.2) is 31.6 Å². The molecule has 0 saturated heterocycles. The number of primary amides is 1. The van der Waals surface area contributed by atoms with E-state index in [0.29, 0.717) is 6.42 Å². The van der Waals surface area contributed by atoms with Crippen molar-refractivity contribution in [3.05, 3.63) is 34.9 Å². The molecule has 1 aromatic rings. The zero-order chi connectivity index (χ0) is 14.4. The Labute approximate surface area is 113 Å². The number of nitrogens with two attached hydrogens (primary N) is 1. The predicted octanol–water partition coefficient (Wildman–Crippen LogP) is 0.462. The van der Waals surface area contributed by atoms with Gasteiger partial charge in [-0.15, -0.1) is 0 Å². The second-order valence-corrected chi connectivity index (χ2v) is 4.58. The monoisotopic (exact) mass is 264 g/mol. The molecule has 0 aliphatic carbocycles. The van der Waals surface area contributed by atoms with Gasteiger partial charge in [-0.1, -0.05) is 18.2 Å². The molecule has 0 fully saturated rings. The van der Waals surface area contributed by atoms with E-state index in [1.807, 2.05) is 32.0 Å². The molecule has 0 aliphatic heterocycles. The normalized spacial score (nSPS) is 11.9. The highest BCUT2D eigenvalue weighted by Gasteiger charge is 2.18. The largest absolute Gasteiger partial charge is 0.375 e. The highest BCUT2D eigenvalue weighted by molar-refractivity contribution is 5.87. The van der Waals surface area contributed by atoms with E-state index in [4.69, 9.17) is 10.5 Å². The molecule has 19 heavy (non-hydrogen) atoms. The van der Waals surface area contributed by atoms with Crippen LogP contribution in [0.5, 0.6) is 0 Å². The van der Waals surface area contributed by atoms with Crippen LogP contribution in [0, 0.1) is 13.8 Å². The first-order valence-electron chi connectivity index (χ1n) is 6.07. The van der Waals surface area contributed by atoms with E-state index in [-0.39, 0.29) is 12.5 Å². The first kappa shape index (κ1) is 15.2. The van der Waals surface area contributed by atoms with Crippen LogP contribution >= 0.6 is 0 Å². The van der Waals surface area contributed by atoms with Crippen LogP contribution in [0.15, 0.2) is 18.2 Å². The van der Waals surface area contributed by atoms with Crippen LogP contribution in [0.2, 0.25) is 0 Å². The second-order valence-electron chi connectivity index (χ2n) is 4.58. The fourth-order valence-corrected chi connectivity index (χ4v) is 1.76. The minimum atomic E-state index is -0.718. The summed E-state index contributed by atoms with van der Waals surface area (Å²) in [6.07, 6.45) is 0.381. The van der Waals surface area contributed by atoms with Gasteiger partial charge in [-0.05, 0) is 30.5 Å². The summed E-state index contributed by atoms with van der Waals surface area (Å²) in [6.45, 7) is 3.93. The Hall–Kier alpha value is -1.88. The maximum absolute atomic E-state index is 11.4. The highest BCUT2D eigenvalue weighted by Crippen LogP contribution is 2.11. The minimum absolute atomic E-state index is 0.0866. The van der Waals surface area contributed by atoms with Gasteiger partial charge in [0.1, 0.15) is 12.6 Å². The summed E-state index contributed by atoms with van der Waals surface area (Å²) in [6, 6.07) is 5.19. The third-order valence-corrected chi connectivity index (χ3v) is 2.97. The number of carbonyl (C=O) groups is 2. The predicted molar refractivity (Wildman–Crippen MR) is 72.6 cm³/mol. The molecule has 0 heterocycles. The van der Waals surface area contributed by atoms with Gasteiger partial charge in [0.15, 0.2) is 0 Å². The lowest BCUT2D eigenvalue weighted by atomic mass is 10.0. The maximum atomic E-state index is 11.4. The van der Waals surface area contributed by atoms with Crippen LogP contribution in [0.1, 0.15) is 16.7 Å². The quantitative estimate of drug-likeness (QED) is 0.783. The highest BCUT2D eigenvalue weighted by atomic mass is 16.5. The van der Waals surface area contributed by atoms with Crippen LogP contribution in [0.3, 0.4) is 0 Å². The SMILES string of the molecule is COCC(=O)N[C@H](Cc1ccc(C)c(C)c1)C(N)=O. The number of rotatable bonds is 6. The van der Waals surface area contributed by atoms with Gasteiger partial charge in [-0.25, -0.2) is 0 Å². The third-order valence-electron chi connectivity index (χ3n) is 2.97. The van der Waals surface area contributed by atoms with Gasteiger partial charge in [-0.2, -0.15) is 0 Å². The topological polar surface area (TPSA) is 81.4 Å². The van der Waals surface area contributed by atoms with E-state index in [9.17, 15) is 9.59 Å². The van der Waals surface area contributed by atoms with E-state index in [1.165, 1.54) is 12.7 Å². The number of benzene rings is 1. The molecular formula is C14H20N2O3. The number of aryl methyl sites for hydroxylation is 2. The van der Waals surface area contributed by atoms with E-state index < -0.39 is 11.9 Å². The molecule has 5 nitrogen and oxygen atoms in total. The van der Waals surface area contributed by atoms with Crippen molar-refractivity contribution in [1.82, 2.24) is 5.32 Å². The molecular weight excluding hydrogens is 244 g/mol. The summed E-state index contributed by atoms with van der Waals surface area (Å²) in [4.78, 5) is 22.8. The van der Waals surface area contributed by atoms with Gasteiger partial charge in [0.25, 0.3) is 0 Å². The number of amides is 2. The molecule has 0 saturated carbocycles. The lowest BCUT2D eigenvalue weighted by Gasteiger charge is -2.16. The molecule has 2 amide bonds. The summed E-state index contributed by atoms with van der Waals surface area (Å²) >= 11 is 0. The first-order chi connectivity index (χ1) is 8.93. The Morgan fingerprint density at radius 1 is 1.32 bits per heavy atom. The zero-order valence-electron chi connectivity index (χ0n) is 11.5. The fraction of sp³-hybridized carbons (Fsp3) is 0.429. The van der Waals surface area contributed by atoms with Crippen molar-refractivity contribution < 1.29 is 14.3 Å². The number of nitrogens with one attached hydrogen (secondary N) is 1.